The van der Waals surface area contributed by atoms with E-state index in [1.54, 1.807) is 6.92 Å². The van der Waals surface area contributed by atoms with E-state index in [1.807, 2.05) is 75.4 Å². The monoisotopic (exact) mass is 373 g/mol. The van der Waals surface area contributed by atoms with Gasteiger partial charge in [0, 0.05) is 12.6 Å². The number of aliphatic hydroxyl groups is 1. The molecule has 0 radical (unpaired) electrons. The van der Waals surface area contributed by atoms with Gasteiger partial charge in [-0.05, 0) is 44.4 Å². The first-order valence-corrected chi connectivity index (χ1v) is 10.1. The standard InChI is InChI=1S/C21H27NO3S/c1-16-13-17(2)21(18(3)14-16)26(24,25)22(19(4)15-23)12-8-11-20-9-6-5-7-10-20/h5-11,13-14,19,23H,12,15H2,1-4H3/b11-8+/t19-/m0/s1. The highest BCUT2D eigenvalue weighted by Crippen LogP contribution is 2.26. The van der Waals surface area contributed by atoms with Crippen LogP contribution in [0.15, 0.2) is 53.4 Å². The first kappa shape index (κ1) is 20.4. The molecule has 1 N–H and O–H groups in total. The molecule has 0 saturated carbocycles. The lowest BCUT2D eigenvalue weighted by Crippen LogP contribution is -2.41. The van der Waals surface area contributed by atoms with Crippen molar-refractivity contribution in [1.82, 2.24) is 4.31 Å². The van der Waals surface area contributed by atoms with Crippen LogP contribution in [0, 0.1) is 20.8 Å². The van der Waals surface area contributed by atoms with Gasteiger partial charge < -0.3 is 5.11 Å². The minimum absolute atomic E-state index is 0.200. The summed E-state index contributed by atoms with van der Waals surface area (Å²) in [6.07, 6.45) is 3.71. The summed E-state index contributed by atoms with van der Waals surface area (Å²) < 4.78 is 28.0. The zero-order chi connectivity index (χ0) is 19.3. The van der Waals surface area contributed by atoms with Crippen molar-refractivity contribution in [2.24, 2.45) is 0 Å². The van der Waals surface area contributed by atoms with E-state index in [-0.39, 0.29) is 13.2 Å². The number of rotatable bonds is 7. The highest BCUT2D eigenvalue weighted by Gasteiger charge is 2.30. The zero-order valence-electron chi connectivity index (χ0n) is 15.8. The number of benzene rings is 2. The summed E-state index contributed by atoms with van der Waals surface area (Å²) in [5.41, 5.74) is 3.49. The molecule has 0 aliphatic rings. The summed E-state index contributed by atoms with van der Waals surface area (Å²) in [5, 5.41) is 9.58. The summed E-state index contributed by atoms with van der Waals surface area (Å²) in [6, 6.07) is 13.0. The van der Waals surface area contributed by atoms with Crippen molar-refractivity contribution in [1.29, 1.82) is 0 Å². The molecule has 0 aliphatic heterocycles. The Hall–Kier alpha value is -1.95. The fourth-order valence-corrected chi connectivity index (χ4v) is 5.14. The summed E-state index contributed by atoms with van der Waals surface area (Å²) in [7, 11) is -3.72. The third-order valence-corrected chi connectivity index (χ3v) is 6.61. The lowest BCUT2D eigenvalue weighted by Gasteiger charge is -2.27. The average molecular weight is 374 g/mol. The van der Waals surface area contributed by atoms with Crippen molar-refractivity contribution in [2.75, 3.05) is 13.2 Å². The first-order chi connectivity index (χ1) is 12.3. The zero-order valence-corrected chi connectivity index (χ0v) is 16.6. The Morgan fingerprint density at radius 3 is 2.19 bits per heavy atom. The van der Waals surface area contributed by atoms with E-state index in [9.17, 15) is 13.5 Å². The van der Waals surface area contributed by atoms with Crippen molar-refractivity contribution in [2.45, 2.75) is 38.6 Å². The van der Waals surface area contributed by atoms with Gasteiger partial charge in [0.05, 0.1) is 11.5 Å². The maximum atomic E-state index is 13.3. The number of aliphatic hydroxyl groups excluding tert-OH is 1. The predicted molar refractivity (Wildman–Crippen MR) is 107 cm³/mol. The molecule has 140 valence electrons. The minimum atomic E-state index is -3.72. The van der Waals surface area contributed by atoms with E-state index in [0.717, 1.165) is 22.3 Å². The quantitative estimate of drug-likeness (QED) is 0.805. The van der Waals surface area contributed by atoms with Gasteiger partial charge in [-0.15, -0.1) is 0 Å². The topological polar surface area (TPSA) is 57.6 Å². The minimum Gasteiger partial charge on any atom is -0.395 e. The highest BCUT2D eigenvalue weighted by molar-refractivity contribution is 7.89. The Labute approximate surface area is 156 Å². The maximum absolute atomic E-state index is 13.3. The molecule has 0 fully saturated rings. The van der Waals surface area contributed by atoms with E-state index < -0.39 is 16.1 Å². The molecule has 5 heteroatoms. The van der Waals surface area contributed by atoms with Crippen LogP contribution in [0.3, 0.4) is 0 Å². The van der Waals surface area contributed by atoms with Gasteiger partial charge in [0.25, 0.3) is 0 Å². The molecule has 0 aromatic heterocycles. The van der Waals surface area contributed by atoms with Crippen molar-refractivity contribution in [3.05, 3.63) is 70.8 Å². The van der Waals surface area contributed by atoms with Crippen LogP contribution < -0.4 is 0 Å². The lowest BCUT2D eigenvalue weighted by atomic mass is 10.1. The molecule has 2 aromatic rings. The Morgan fingerprint density at radius 1 is 1.08 bits per heavy atom. The first-order valence-electron chi connectivity index (χ1n) is 8.69. The van der Waals surface area contributed by atoms with Crippen molar-refractivity contribution < 1.29 is 13.5 Å². The van der Waals surface area contributed by atoms with Crippen LogP contribution in [0.2, 0.25) is 0 Å². The van der Waals surface area contributed by atoms with Crippen molar-refractivity contribution >= 4 is 16.1 Å². The van der Waals surface area contributed by atoms with Gasteiger partial charge in [-0.3, -0.25) is 0 Å². The molecule has 0 heterocycles. The molecule has 1 atom stereocenters. The van der Waals surface area contributed by atoms with E-state index in [4.69, 9.17) is 0 Å². The number of nitrogens with zero attached hydrogens (tertiary/aromatic N) is 1. The molecule has 26 heavy (non-hydrogen) atoms. The van der Waals surface area contributed by atoms with Gasteiger partial charge in [-0.25, -0.2) is 8.42 Å². The van der Waals surface area contributed by atoms with Gasteiger partial charge >= 0.3 is 0 Å². The van der Waals surface area contributed by atoms with Crippen molar-refractivity contribution in [3.63, 3.8) is 0 Å². The van der Waals surface area contributed by atoms with E-state index >= 15 is 0 Å². The fraction of sp³-hybridized carbons (Fsp3) is 0.333. The SMILES string of the molecule is Cc1cc(C)c(S(=O)(=O)N(C/C=C/c2ccccc2)[C@@H](C)CO)c(C)c1. The van der Waals surface area contributed by atoms with Gasteiger partial charge in [-0.2, -0.15) is 4.31 Å². The summed E-state index contributed by atoms with van der Waals surface area (Å²) in [6.45, 7) is 7.26. The third kappa shape index (κ3) is 4.61. The molecule has 0 amide bonds. The van der Waals surface area contributed by atoms with Gasteiger partial charge in [0.1, 0.15) is 0 Å². The predicted octanol–water partition coefficient (Wildman–Crippen LogP) is 3.70. The molecule has 0 bridgehead atoms. The maximum Gasteiger partial charge on any atom is 0.244 e. The number of hydrogen-bond donors (Lipinski definition) is 1. The Balaban J connectivity index is 2.38. The second kappa shape index (κ2) is 8.62. The van der Waals surface area contributed by atoms with Crippen LogP contribution in [0.1, 0.15) is 29.2 Å². The van der Waals surface area contributed by atoms with Crippen LogP contribution in [0.4, 0.5) is 0 Å². The average Bonchev–Trinajstić information content (AvgIpc) is 2.57. The molecule has 0 unspecified atom stereocenters. The van der Waals surface area contributed by atoms with Gasteiger partial charge in [0.15, 0.2) is 0 Å². The van der Waals surface area contributed by atoms with E-state index in [0.29, 0.717) is 4.90 Å². The summed E-state index contributed by atoms with van der Waals surface area (Å²) >= 11 is 0. The smallest absolute Gasteiger partial charge is 0.244 e. The highest BCUT2D eigenvalue weighted by atomic mass is 32.2. The molecular formula is C21H27NO3S. The second-order valence-corrected chi connectivity index (χ2v) is 8.47. The number of hydrogen-bond acceptors (Lipinski definition) is 3. The van der Waals surface area contributed by atoms with Gasteiger partial charge in [-0.1, -0.05) is 60.2 Å². The molecule has 0 saturated heterocycles. The van der Waals surface area contributed by atoms with Gasteiger partial charge in [0.2, 0.25) is 10.0 Å². The number of aryl methyl sites for hydroxylation is 3. The second-order valence-electron chi connectivity index (χ2n) is 6.65. The molecule has 2 aromatic carbocycles. The van der Waals surface area contributed by atoms with E-state index in [1.165, 1.54) is 4.31 Å². The lowest BCUT2D eigenvalue weighted by molar-refractivity contribution is 0.206. The Kier molecular flexibility index (Phi) is 6.75. The normalized spacial score (nSPS) is 13.5. The molecular weight excluding hydrogens is 346 g/mol. The fourth-order valence-electron chi connectivity index (χ4n) is 3.15. The molecule has 0 aliphatic carbocycles. The Bertz CT molecular complexity index is 850. The molecule has 2 rings (SSSR count). The van der Waals surface area contributed by atoms with Crippen LogP contribution in [-0.2, 0) is 10.0 Å². The van der Waals surface area contributed by atoms with Crippen LogP contribution in [0.5, 0.6) is 0 Å². The molecule has 0 spiro atoms. The van der Waals surface area contributed by atoms with Crippen LogP contribution >= 0.6 is 0 Å². The summed E-state index contributed by atoms with van der Waals surface area (Å²) in [5.74, 6) is 0. The van der Waals surface area contributed by atoms with Crippen LogP contribution in [0.25, 0.3) is 6.08 Å². The van der Waals surface area contributed by atoms with E-state index in [2.05, 4.69) is 0 Å². The largest absolute Gasteiger partial charge is 0.395 e. The molecule has 4 nitrogen and oxygen atoms in total. The van der Waals surface area contributed by atoms with Crippen LogP contribution in [-0.4, -0.2) is 37.0 Å². The Morgan fingerprint density at radius 2 is 1.65 bits per heavy atom. The third-order valence-electron chi connectivity index (χ3n) is 4.32. The summed E-state index contributed by atoms with van der Waals surface area (Å²) in [4.78, 5) is 0.330. The number of sulfonamides is 1. The van der Waals surface area contributed by atoms with Crippen molar-refractivity contribution in [3.8, 4) is 0 Å².